The highest BCUT2D eigenvalue weighted by Crippen LogP contribution is 2.06. The van der Waals surface area contributed by atoms with Crippen molar-refractivity contribution in [2.75, 3.05) is 6.54 Å². The van der Waals surface area contributed by atoms with Crippen molar-refractivity contribution in [3.63, 3.8) is 0 Å². The van der Waals surface area contributed by atoms with Crippen molar-refractivity contribution in [3.05, 3.63) is 35.9 Å². The van der Waals surface area contributed by atoms with Gasteiger partial charge in [-0.3, -0.25) is 24.2 Å². The molecule has 1 aromatic rings. The van der Waals surface area contributed by atoms with Gasteiger partial charge in [0, 0.05) is 13.0 Å². The Balaban J connectivity index is 2.99. The standard InChI is InChI=1S/C24H37N7O8/c1-13(32)19(22(37)30-17(23(38)39)9-10-18(33)34)31-21(36)16(8-5-11-28-24(26)27)29-20(35)15(25)12-14-6-3-2-4-7-14/h2-4,6-7,13,15-17,19,32H,5,8-12,25H2,1H3,(H,29,35)(H,30,37)(H,31,36)(H,33,34)(H,38,39)(H4,26,27,28). The van der Waals surface area contributed by atoms with Crippen molar-refractivity contribution in [3.8, 4) is 0 Å². The molecular formula is C24H37N7O8. The number of nitrogens with two attached hydrogens (primary N) is 3. The zero-order chi connectivity index (χ0) is 29.5. The number of rotatable bonds is 17. The van der Waals surface area contributed by atoms with E-state index in [0.717, 1.165) is 5.56 Å². The first-order valence-corrected chi connectivity index (χ1v) is 12.2. The molecule has 39 heavy (non-hydrogen) atoms. The number of carbonyl (C=O) groups is 5. The van der Waals surface area contributed by atoms with Crippen molar-refractivity contribution in [1.82, 2.24) is 16.0 Å². The molecule has 1 rings (SSSR count). The molecule has 0 aliphatic rings. The Morgan fingerprint density at radius 3 is 2.05 bits per heavy atom. The van der Waals surface area contributed by atoms with E-state index in [2.05, 4.69) is 20.9 Å². The number of aliphatic imine (C=N–C) groups is 1. The van der Waals surface area contributed by atoms with Crippen LogP contribution >= 0.6 is 0 Å². The number of aliphatic carboxylic acids is 2. The Kier molecular flexibility index (Phi) is 13.9. The van der Waals surface area contributed by atoms with Gasteiger partial charge in [0.05, 0.1) is 12.1 Å². The highest BCUT2D eigenvalue weighted by Gasteiger charge is 2.32. The monoisotopic (exact) mass is 551 g/mol. The zero-order valence-electron chi connectivity index (χ0n) is 21.6. The molecule has 1 aromatic carbocycles. The second kappa shape index (κ2) is 16.6. The molecular weight excluding hydrogens is 514 g/mol. The van der Waals surface area contributed by atoms with Gasteiger partial charge in [0.1, 0.15) is 18.1 Å². The maximum Gasteiger partial charge on any atom is 0.326 e. The second-order valence-corrected chi connectivity index (χ2v) is 8.86. The lowest BCUT2D eigenvalue weighted by Gasteiger charge is -2.26. The van der Waals surface area contributed by atoms with Crippen LogP contribution in [0.15, 0.2) is 35.3 Å². The quantitative estimate of drug-likeness (QED) is 0.0549. The van der Waals surface area contributed by atoms with Gasteiger partial charge in [-0.05, 0) is 38.2 Å². The highest BCUT2D eigenvalue weighted by molar-refractivity contribution is 5.94. The molecule has 15 nitrogen and oxygen atoms in total. The number of aliphatic hydroxyl groups is 1. The van der Waals surface area contributed by atoms with Crippen molar-refractivity contribution in [2.45, 2.75) is 69.3 Å². The van der Waals surface area contributed by atoms with Gasteiger partial charge >= 0.3 is 11.9 Å². The summed E-state index contributed by atoms with van der Waals surface area (Å²) in [4.78, 5) is 64.7. The van der Waals surface area contributed by atoms with E-state index >= 15 is 0 Å². The molecule has 0 aliphatic carbocycles. The van der Waals surface area contributed by atoms with Crippen LogP contribution in [0.3, 0.4) is 0 Å². The van der Waals surface area contributed by atoms with Crippen LogP contribution in [0, 0.1) is 0 Å². The first-order chi connectivity index (χ1) is 18.3. The predicted octanol–water partition coefficient (Wildman–Crippen LogP) is -2.61. The van der Waals surface area contributed by atoms with Crippen LogP contribution in [0.4, 0.5) is 0 Å². The summed E-state index contributed by atoms with van der Waals surface area (Å²) >= 11 is 0. The third-order valence-electron chi connectivity index (χ3n) is 5.54. The first-order valence-electron chi connectivity index (χ1n) is 12.2. The molecule has 0 aliphatic heterocycles. The summed E-state index contributed by atoms with van der Waals surface area (Å²) in [6.45, 7) is 1.34. The Bertz CT molecular complexity index is 1010. The number of nitrogens with one attached hydrogen (secondary N) is 3. The molecule has 0 saturated carbocycles. The van der Waals surface area contributed by atoms with Crippen LogP contribution < -0.4 is 33.2 Å². The minimum absolute atomic E-state index is 0.0386. The zero-order valence-corrected chi connectivity index (χ0v) is 21.6. The number of amides is 3. The molecule has 5 unspecified atom stereocenters. The molecule has 15 heteroatoms. The molecule has 0 radical (unpaired) electrons. The van der Waals surface area contributed by atoms with E-state index in [1.54, 1.807) is 24.3 Å². The molecule has 0 bridgehead atoms. The normalized spacial score (nSPS) is 14.5. The number of aliphatic hydroxyl groups excluding tert-OH is 1. The van der Waals surface area contributed by atoms with Gasteiger partial charge in [-0.25, -0.2) is 4.79 Å². The number of hydrogen-bond donors (Lipinski definition) is 9. The summed E-state index contributed by atoms with van der Waals surface area (Å²) in [5, 5.41) is 35.2. The average molecular weight is 552 g/mol. The SMILES string of the molecule is CC(O)C(NC(=O)C(CCCN=C(N)N)NC(=O)C(N)Cc1ccccc1)C(=O)NC(CCC(=O)O)C(=O)O. The Morgan fingerprint density at radius 1 is 0.897 bits per heavy atom. The van der Waals surface area contributed by atoms with Gasteiger partial charge in [0.15, 0.2) is 5.96 Å². The van der Waals surface area contributed by atoms with E-state index in [4.69, 9.17) is 22.3 Å². The molecule has 3 amide bonds. The summed E-state index contributed by atoms with van der Waals surface area (Å²) < 4.78 is 0. The summed E-state index contributed by atoms with van der Waals surface area (Å²) in [6.07, 6.45) is -1.93. The number of benzene rings is 1. The van der Waals surface area contributed by atoms with Crippen molar-refractivity contribution in [2.24, 2.45) is 22.2 Å². The molecule has 0 aromatic heterocycles. The first kappa shape index (κ1) is 32.8. The second-order valence-electron chi connectivity index (χ2n) is 8.86. The summed E-state index contributed by atoms with van der Waals surface area (Å²) in [5.41, 5.74) is 17.4. The van der Waals surface area contributed by atoms with E-state index in [1.807, 2.05) is 6.07 Å². The molecule has 0 saturated heterocycles. The number of hydrogen-bond acceptors (Lipinski definition) is 8. The molecule has 5 atom stereocenters. The number of nitrogens with zero attached hydrogens (tertiary/aromatic N) is 1. The minimum Gasteiger partial charge on any atom is -0.481 e. The Labute approximate surface area is 225 Å². The smallest absolute Gasteiger partial charge is 0.326 e. The van der Waals surface area contributed by atoms with Crippen molar-refractivity contribution in [1.29, 1.82) is 0 Å². The Morgan fingerprint density at radius 2 is 1.51 bits per heavy atom. The van der Waals surface area contributed by atoms with Gasteiger partial charge in [-0.2, -0.15) is 0 Å². The topological polar surface area (TPSA) is 273 Å². The summed E-state index contributed by atoms with van der Waals surface area (Å²) in [7, 11) is 0. The molecule has 216 valence electrons. The predicted molar refractivity (Wildman–Crippen MR) is 140 cm³/mol. The third-order valence-corrected chi connectivity index (χ3v) is 5.54. The fraction of sp³-hybridized carbons (Fsp3) is 0.500. The van der Waals surface area contributed by atoms with Crippen molar-refractivity contribution >= 4 is 35.6 Å². The van der Waals surface area contributed by atoms with Crippen molar-refractivity contribution < 1.29 is 39.3 Å². The highest BCUT2D eigenvalue weighted by atomic mass is 16.4. The maximum absolute atomic E-state index is 13.1. The minimum atomic E-state index is -1.61. The van der Waals surface area contributed by atoms with E-state index in [0.29, 0.717) is 0 Å². The number of carbonyl (C=O) groups excluding carboxylic acids is 3. The summed E-state index contributed by atoms with van der Waals surface area (Å²) in [5.74, 6) is -5.45. The fourth-order valence-corrected chi connectivity index (χ4v) is 3.46. The van der Waals surface area contributed by atoms with Gasteiger partial charge in [-0.1, -0.05) is 30.3 Å². The average Bonchev–Trinajstić information content (AvgIpc) is 2.86. The molecule has 0 spiro atoms. The van der Waals surface area contributed by atoms with Crippen LogP contribution in [-0.2, 0) is 30.4 Å². The molecule has 12 N–H and O–H groups in total. The van der Waals surface area contributed by atoms with Gasteiger partial charge < -0.3 is 48.5 Å². The number of carboxylic acid groups (broad SMARTS) is 2. The number of guanidine groups is 1. The van der Waals surface area contributed by atoms with Gasteiger partial charge in [0.2, 0.25) is 17.7 Å². The fourth-order valence-electron chi connectivity index (χ4n) is 3.46. The van der Waals surface area contributed by atoms with Crippen LogP contribution in [0.2, 0.25) is 0 Å². The molecule has 0 fully saturated rings. The lowest BCUT2D eigenvalue weighted by molar-refractivity contribution is -0.144. The third kappa shape index (κ3) is 12.7. The van der Waals surface area contributed by atoms with Gasteiger partial charge in [-0.15, -0.1) is 0 Å². The number of carboxylic acids is 2. The van der Waals surface area contributed by atoms with E-state index in [-0.39, 0.29) is 31.8 Å². The van der Waals surface area contributed by atoms with Crippen LogP contribution in [0.25, 0.3) is 0 Å². The van der Waals surface area contributed by atoms with E-state index in [1.165, 1.54) is 6.92 Å². The van der Waals surface area contributed by atoms with Crippen LogP contribution in [0.5, 0.6) is 0 Å². The maximum atomic E-state index is 13.1. The van der Waals surface area contributed by atoms with E-state index < -0.39 is 72.8 Å². The van der Waals surface area contributed by atoms with Gasteiger partial charge in [0.25, 0.3) is 0 Å². The molecule has 0 heterocycles. The van der Waals surface area contributed by atoms with E-state index in [9.17, 15) is 34.2 Å². The lowest BCUT2D eigenvalue weighted by atomic mass is 10.0. The van der Waals surface area contributed by atoms with Crippen LogP contribution in [0.1, 0.15) is 38.2 Å². The largest absolute Gasteiger partial charge is 0.481 e. The summed E-state index contributed by atoms with van der Waals surface area (Å²) in [6, 6.07) is 3.59. The van der Waals surface area contributed by atoms with Crippen LogP contribution in [-0.4, -0.2) is 87.8 Å². The lowest BCUT2D eigenvalue weighted by Crippen LogP contribution is -2.60. The Hall–Kier alpha value is -4.24.